The quantitative estimate of drug-likeness (QED) is 0.617. The van der Waals surface area contributed by atoms with Crippen LogP contribution >= 0.6 is 11.3 Å². The summed E-state index contributed by atoms with van der Waals surface area (Å²) >= 11 is 1.87. The monoisotopic (exact) mass is 165 g/mol. The number of hydrogen-bond acceptors (Lipinski definition) is 1. The van der Waals surface area contributed by atoms with Crippen molar-refractivity contribution >= 4 is 21.6 Å². The molecule has 0 radical (unpaired) electrons. The highest BCUT2D eigenvalue weighted by atomic mass is 32.1. The zero-order valence-electron chi connectivity index (χ0n) is 6.99. The van der Waals surface area contributed by atoms with Gasteiger partial charge >= 0.3 is 0 Å². The molecule has 0 atom stereocenters. The molecule has 0 bridgehead atoms. The van der Waals surface area contributed by atoms with Crippen molar-refractivity contribution in [3.8, 4) is 0 Å². The summed E-state index contributed by atoms with van der Waals surface area (Å²) < 4.78 is 1.39. The van der Waals surface area contributed by atoms with Crippen LogP contribution in [0, 0.1) is 20.8 Å². The Morgan fingerprint density at radius 3 is 2.64 bits per heavy atom. The number of H-pyrrole nitrogens is 1. The molecular weight excluding hydrogens is 154 g/mol. The van der Waals surface area contributed by atoms with E-state index < -0.39 is 0 Å². The molecule has 2 heteroatoms. The van der Waals surface area contributed by atoms with Crippen LogP contribution < -0.4 is 0 Å². The Balaban J connectivity index is 2.88. The van der Waals surface area contributed by atoms with E-state index in [1.807, 2.05) is 11.3 Å². The van der Waals surface area contributed by atoms with E-state index in [2.05, 4.69) is 31.8 Å². The van der Waals surface area contributed by atoms with Crippen molar-refractivity contribution in [3.05, 3.63) is 22.2 Å². The average molecular weight is 165 g/mol. The van der Waals surface area contributed by atoms with Crippen LogP contribution in [0.25, 0.3) is 10.2 Å². The number of aryl methyl sites for hydroxylation is 3. The molecule has 2 rings (SSSR count). The fraction of sp³-hybridized carbons (Fsp3) is 0.333. The van der Waals surface area contributed by atoms with Crippen molar-refractivity contribution in [1.82, 2.24) is 4.98 Å². The lowest BCUT2D eigenvalue weighted by atomic mass is 10.3. The lowest BCUT2D eigenvalue weighted by Crippen LogP contribution is -1.72. The Hall–Kier alpha value is -0.760. The standard InChI is InChI=1S/C9H11NS/c1-5-4-8-9(10-5)6(2)7(3)11-8/h4,10H,1-3H3. The van der Waals surface area contributed by atoms with Crippen molar-refractivity contribution in [1.29, 1.82) is 0 Å². The lowest BCUT2D eigenvalue weighted by Gasteiger charge is -1.87. The maximum absolute atomic E-state index is 3.36. The molecule has 0 aliphatic carbocycles. The van der Waals surface area contributed by atoms with E-state index in [0.717, 1.165) is 0 Å². The summed E-state index contributed by atoms with van der Waals surface area (Å²) in [5.41, 5.74) is 3.98. The molecule has 0 fully saturated rings. The largest absolute Gasteiger partial charge is 0.358 e. The molecule has 1 nitrogen and oxygen atoms in total. The van der Waals surface area contributed by atoms with E-state index >= 15 is 0 Å². The summed E-state index contributed by atoms with van der Waals surface area (Å²) in [7, 11) is 0. The van der Waals surface area contributed by atoms with Crippen molar-refractivity contribution in [2.75, 3.05) is 0 Å². The Morgan fingerprint density at radius 1 is 1.27 bits per heavy atom. The minimum absolute atomic E-state index is 1.26. The molecule has 0 aromatic carbocycles. The lowest BCUT2D eigenvalue weighted by molar-refractivity contribution is 1.28. The van der Waals surface area contributed by atoms with Crippen molar-refractivity contribution in [2.24, 2.45) is 0 Å². The number of nitrogens with one attached hydrogen (secondary N) is 1. The summed E-state index contributed by atoms with van der Waals surface area (Å²) in [5, 5.41) is 0. The molecule has 2 heterocycles. The molecule has 0 aliphatic rings. The molecule has 11 heavy (non-hydrogen) atoms. The fourth-order valence-electron chi connectivity index (χ4n) is 1.34. The smallest absolute Gasteiger partial charge is 0.0598 e. The third-order valence-electron chi connectivity index (χ3n) is 2.08. The average Bonchev–Trinajstić information content (AvgIpc) is 2.37. The first-order chi connectivity index (χ1) is 5.18. The third-order valence-corrected chi connectivity index (χ3v) is 3.24. The maximum atomic E-state index is 3.36. The minimum atomic E-state index is 1.26. The molecule has 0 amide bonds. The van der Waals surface area contributed by atoms with Gasteiger partial charge in [-0.3, -0.25) is 0 Å². The van der Waals surface area contributed by atoms with E-state index in [1.54, 1.807) is 0 Å². The number of hydrogen-bond donors (Lipinski definition) is 1. The Kier molecular flexibility index (Phi) is 1.33. The van der Waals surface area contributed by atoms with Gasteiger partial charge < -0.3 is 4.98 Å². The highest BCUT2D eigenvalue weighted by Gasteiger charge is 2.05. The van der Waals surface area contributed by atoms with Gasteiger partial charge in [0.05, 0.1) is 10.2 Å². The topological polar surface area (TPSA) is 15.8 Å². The van der Waals surface area contributed by atoms with E-state index in [-0.39, 0.29) is 0 Å². The number of aromatic amines is 1. The van der Waals surface area contributed by atoms with Gasteiger partial charge in [-0.05, 0) is 32.4 Å². The SMILES string of the molecule is Cc1cc2sc(C)c(C)c2[nH]1. The van der Waals surface area contributed by atoms with E-state index in [0.29, 0.717) is 0 Å². The number of aromatic nitrogens is 1. The molecule has 2 aromatic rings. The van der Waals surface area contributed by atoms with Gasteiger partial charge in [-0.15, -0.1) is 11.3 Å². The van der Waals surface area contributed by atoms with Crippen molar-refractivity contribution in [3.63, 3.8) is 0 Å². The first-order valence-electron chi connectivity index (χ1n) is 3.74. The van der Waals surface area contributed by atoms with Gasteiger partial charge in [0.15, 0.2) is 0 Å². The summed E-state index contributed by atoms with van der Waals surface area (Å²) in [6.45, 7) is 6.44. The molecule has 0 unspecified atom stereocenters. The summed E-state index contributed by atoms with van der Waals surface area (Å²) in [5.74, 6) is 0. The van der Waals surface area contributed by atoms with Gasteiger partial charge in [0.2, 0.25) is 0 Å². The molecule has 2 aromatic heterocycles. The fourth-order valence-corrected chi connectivity index (χ4v) is 2.47. The zero-order valence-corrected chi connectivity index (χ0v) is 7.80. The van der Waals surface area contributed by atoms with E-state index in [9.17, 15) is 0 Å². The van der Waals surface area contributed by atoms with Crippen LogP contribution in [0.1, 0.15) is 16.1 Å². The summed E-state index contributed by atoms with van der Waals surface area (Å²) in [4.78, 5) is 4.78. The van der Waals surface area contributed by atoms with Gasteiger partial charge in [-0.25, -0.2) is 0 Å². The second-order valence-electron chi connectivity index (χ2n) is 2.97. The van der Waals surface area contributed by atoms with Crippen LogP contribution in [0.3, 0.4) is 0 Å². The molecule has 0 saturated carbocycles. The van der Waals surface area contributed by atoms with Crippen LogP contribution in [0.5, 0.6) is 0 Å². The summed E-state index contributed by atoms with van der Waals surface area (Å²) in [6, 6.07) is 2.21. The number of thiophene rings is 1. The van der Waals surface area contributed by atoms with Crippen LogP contribution in [-0.2, 0) is 0 Å². The normalized spacial score (nSPS) is 11.2. The summed E-state index contributed by atoms with van der Waals surface area (Å²) in [6.07, 6.45) is 0. The minimum Gasteiger partial charge on any atom is -0.358 e. The highest BCUT2D eigenvalue weighted by Crippen LogP contribution is 2.29. The molecular formula is C9H11NS. The molecule has 1 N–H and O–H groups in total. The van der Waals surface area contributed by atoms with Crippen LogP contribution in [0.4, 0.5) is 0 Å². The molecule has 58 valence electrons. The molecule has 0 aliphatic heterocycles. The van der Waals surface area contributed by atoms with Gasteiger partial charge in [0.1, 0.15) is 0 Å². The van der Waals surface area contributed by atoms with Crippen LogP contribution in [0.2, 0.25) is 0 Å². The number of fused-ring (bicyclic) bond motifs is 1. The van der Waals surface area contributed by atoms with Gasteiger partial charge in [-0.2, -0.15) is 0 Å². The predicted octanol–water partition coefficient (Wildman–Crippen LogP) is 3.15. The maximum Gasteiger partial charge on any atom is 0.0598 e. The first kappa shape index (κ1) is 6.92. The van der Waals surface area contributed by atoms with Gasteiger partial charge in [0, 0.05) is 10.6 Å². The van der Waals surface area contributed by atoms with Crippen LogP contribution in [0.15, 0.2) is 6.07 Å². The second-order valence-corrected chi connectivity index (χ2v) is 4.23. The second kappa shape index (κ2) is 2.11. The molecule has 0 saturated heterocycles. The highest BCUT2D eigenvalue weighted by molar-refractivity contribution is 7.19. The van der Waals surface area contributed by atoms with Crippen molar-refractivity contribution < 1.29 is 0 Å². The Labute approximate surface area is 70.1 Å². The predicted molar refractivity (Wildman–Crippen MR) is 50.4 cm³/mol. The van der Waals surface area contributed by atoms with Gasteiger partial charge in [-0.1, -0.05) is 0 Å². The first-order valence-corrected chi connectivity index (χ1v) is 4.55. The van der Waals surface area contributed by atoms with E-state index in [4.69, 9.17) is 0 Å². The van der Waals surface area contributed by atoms with Crippen LogP contribution in [-0.4, -0.2) is 4.98 Å². The van der Waals surface area contributed by atoms with Gasteiger partial charge in [0.25, 0.3) is 0 Å². The Bertz CT molecular complexity index is 395. The number of rotatable bonds is 0. The molecule has 0 spiro atoms. The Morgan fingerprint density at radius 2 is 2.00 bits per heavy atom. The zero-order chi connectivity index (χ0) is 8.01. The third kappa shape index (κ3) is 0.897. The van der Waals surface area contributed by atoms with E-state index in [1.165, 1.54) is 26.4 Å². The van der Waals surface area contributed by atoms with Crippen molar-refractivity contribution in [2.45, 2.75) is 20.8 Å².